The Morgan fingerprint density at radius 1 is 1.45 bits per heavy atom. The highest BCUT2D eigenvalue weighted by Crippen LogP contribution is 2.28. The van der Waals surface area contributed by atoms with Crippen molar-refractivity contribution in [2.24, 2.45) is 13.0 Å². The summed E-state index contributed by atoms with van der Waals surface area (Å²) >= 11 is 0. The SMILES string of the molecule is CN(CC1CC(O)C1)C(=O)c1nn(C)c2ccccc12. The molecule has 1 amide bonds. The number of hydrogen-bond acceptors (Lipinski definition) is 3. The zero-order valence-corrected chi connectivity index (χ0v) is 11.8. The summed E-state index contributed by atoms with van der Waals surface area (Å²) in [5.74, 6) is 0.358. The van der Waals surface area contributed by atoms with Gasteiger partial charge in [0.2, 0.25) is 0 Å². The standard InChI is InChI=1S/C15H19N3O2/c1-17(9-10-7-11(19)8-10)15(20)14-12-5-3-4-6-13(12)18(2)16-14/h3-6,10-11,19H,7-9H2,1-2H3. The highest BCUT2D eigenvalue weighted by molar-refractivity contribution is 6.04. The van der Waals surface area contributed by atoms with Crippen molar-refractivity contribution in [2.45, 2.75) is 18.9 Å². The van der Waals surface area contributed by atoms with Crippen LogP contribution in [0.4, 0.5) is 0 Å². The van der Waals surface area contributed by atoms with Crippen molar-refractivity contribution in [3.05, 3.63) is 30.0 Å². The molecule has 3 rings (SSSR count). The van der Waals surface area contributed by atoms with E-state index in [0.717, 1.165) is 23.7 Å². The van der Waals surface area contributed by atoms with Crippen molar-refractivity contribution in [1.82, 2.24) is 14.7 Å². The molecule has 106 valence electrons. The predicted octanol–water partition coefficient (Wildman–Crippen LogP) is 1.42. The van der Waals surface area contributed by atoms with E-state index >= 15 is 0 Å². The van der Waals surface area contributed by atoms with Crippen LogP contribution in [0.2, 0.25) is 0 Å². The number of fused-ring (bicyclic) bond motifs is 1. The minimum absolute atomic E-state index is 0.0526. The lowest BCUT2D eigenvalue weighted by Crippen LogP contribution is -2.39. The van der Waals surface area contributed by atoms with Crippen molar-refractivity contribution < 1.29 is 9.90 Å². The maximum atomic E-state index is 12.5. The van der Waals surface area contributed by atoms with Gasteiger partial charge in [0.15, 0.2) is 5.69 Å². The van der Waals surface area contributed by atoms with Gasteiger partial charge in [-0.05, 0) is 24.8 Å². The number of aromatic nitrogens is 2. The number of amides is 1. The molecule has 2 aromatic rings. The highest BCUT2D eigenvalue weighted by Gasteiger charge is 2.30. The molecule has 1 aromatic heterocycles. The molecule has 1 heterocycles. The monoisotopic (exact) mass is 273 g/mol. The summed E-state index contributed by atoms with van der Waals surface area (Å²) in [7, 11) is 3.65. The summed E-state index contributed by atoms with van der Waals surface area (Å²) in [6.07, 6.45) is 1.40. The van der Waals surface area contributed by atoms with Gasteiger partial charge in [-0.25, -0.2) is 0 Å². The van der Waals surface area contributed by atoms with E-state index in [1.54, 1.807) is 16.6 Å². The van der Waals surface area contributed by atoms with Gasteiger partial charge >= 0.3 is 0 Å². The van der Waals surface area contributed by atoms with E-state index < -0.39 is 0 Å². The van der Waals surface area contributed by atoms with Crippen LogP contribution >= 0.6 is 0 Å². The minimum Gasteiger partial charge on any atom is -0.393 e. The maximum absolute atomic E-state index is 12.5. The average molecular weight is 273 g/mol. The topological polar surface area (TPSA) is 58.4 Å². The summed E-state index contributed by atoms with van der Waals surface area (Å²) in [5.41, 5.74) is 1.47. The first-order valence-corrected chi connectivity index (χ1v) is 6.91. The molecule has 0 unspecified atom stereocenters. The summed E-state index contributed by atoms with van der Waals surface area (Å²) in [4.78, 5) is 14.2. The van der Waals surface area contributed by atoms with Gasteiger partial charge in [-0.2, -0.15) is 5.10 Å². The van der Waals surface area contributed by atoms with Gasteiger partial charge in [0.05, 0.1) is 11.6 Å². The smallest absolute Gasteiger partial charge is 0.274 e. The largest absolute Gasteiger partial charge is 0.393 e. The third-order valence-corrected chi connectivity index (χ3v) is 4.05. The first kappa shape index (κ1) is 13.1. The van der Waals surface area contributed by atoms with Crippen molar-refractivity contribution in [3.8, 4) is 0 Å². The molecule has 1 aliphatic carbocycles. The molecular formula is C15H19N3O2. The number of nitrogens with zero attached hydrogens (tertiary/aromatic N) is 3. The molecule has 1 N–H and O–H groups in total. The van der Waals surface area contributed by atoms with Crippen molar-refractivity contribution in [3.63, 3.8) is 0 Å². The van der Waals surface area contributed by atoms with Gasteiger partial charge in [0.25, 0.3) is 5.91 Å². The van der Waals surface area contributed by atoms with Gasteiger partial charge in [-0.15, -0.1) is 0 Å². The number of para-hydroxylation sites is 1. The number of aliphatic hydroxyl groups is 1. The zero-order valence-electron chi connectivity index (χ0n) is 11.8. The number of aryl methyl sites for hydroxylation is 1. The number of carbonyl (C=O) groups is 1. The van der Waals surface area contributed by atoms with Crippen molar-refractivity contribution in [1.29, 1.82) is 0 Å². The fourth-order valence-corrected chi connectivity index (χ4v) is 2.87. The molecule has 0 spiro atoms. The minimum atomic E-state index is -0.181. The van der Waals surface area contributed by atoms with Crippen LogP contribution in [-0.4, -0.2) is 45.4 Å². The Morgan fingerprint density at radius 3 is 2.85 bits per heavy atom. The van der Waals surface area contributed by atoms with Crippen LogP contribution in [0.25, 0.3) is 10.9 Å². The summed E-state index contributed by atoms with van der Waals surface area (Å²) in [5, 5.41) is 14.6. The highest BCUT2D eigenvalue weighted by atomic mass is 16.3. The Labute approximate surface area is 117 Å². The third kappa shape index (κ3) is 2.18. The Bertz CT molecular complexity index is 644. The van der Waals surface area contributed by atoms with Crippen LogP contribution in [0.5, 0.6) is 0 Å². The van der Waals surface area contributed by atoms with E-state index in [9.17, 15) is 9.90 Å². The van der Waals surface area contributed by atoms with E-state index in [1.165, 1.54) is 0 Å². The van der Waals surface area contributed by atoms with Crippen LogP contribution in [0.1, 0.15) is 23.3 Å². The van der Waals surface area contributed by atoms with E-state index in [2.05, 4.69) is 5.10 Å². The predicted molar refractivity (Wildman–Crippen MR) is 76.4 cm³/mol. The summed E-state index contributed by atoms with van der Waals surface area (Å²) in [6, 6.07) is 7.75. The van der Waals surface area contributed by atoms with E-state index in [4.69, 9.17) is 0 Å². The van der Waals surface area contributed by atoms with Gasteiger partial charge in [-0.3, -0.25) is 9.48 Å². The van der Waals surface area contributed by atoms with Gasteiger partial charge in [0, 0.05) is 26.0 Å². The van der Waals surface area contributed by atoms with Crippen LogP contribution in [0.3, 0.4) is 0 Å². The number of aliphatic hydroxyl groups excluding tert-OH is 1. The lowest BCUT2D eigenvalue weighted by Gasteiger charge is -2.34. The second-order valence-corrected chi connectivity index (χ2v) is 5.67. The quantitative estimate of drug-likeness (QED) is 0.920. The van der Waals surface area contributed by atoms with Gasteiger partial charge in [0.1, 0.15) is 0 Å². The zero-order chi connectivity index (χ0) is 14.3. The van der Waals surface area contributed by atoms with E-state index in [-0.39, 0.29) is 12.0 Å². The molecular weight excluding hydrogens is 254 g/mol. The first-order valence-electron chi connectivity index (χ1n) is 6.91. The number of carbonyl (C=O) groups excluding carboxylic acids is 1. The Balaban J connectivity index is 1.81. The van der Waals surface area contributed by atoms with Gasteiger partial charge < -0.3 is 10.0 Å². The normalized spacial score (nSPS) is 21.8. The molecule has 1 aromatic carbocycles. The molecule has 1 aliphatic rings. The molecule has 0 bridgehead atoms. The molecule has 5 nitrogen and oxygen atoms in total. The Hall–Kier alpha value is -1.88. The molecule has 0 saturated heterocycles. The maximum Gasteiger partial charge on any atom is 0.274 e. The molecule has 1 saturated carbocycles. The van der Waals surface area contributed by atoms with Crippen LogP contribution in [-0.2, 0) is 7.05 Å². The van der Waals surface area contributed by atoms with Gasteiger partial charge in [-0.1, -0.05) is 18.2 Å². The van der Waals surface area contributed by atoms with E-state index in [1.807, 2.05) is 31.3 Å². The molecule has 5 heteroatoms. The lowest BCUT2D eigenvalue weighted by atomic mass is 9.82. The van der Waals surface area contributed by atoms with Crippen LogP contribution in [0, 0.1) is 5.92 Å². The van der Waals surface area contributed by atoms with Crippen LogP contribution < -0.4 is 0 Å². The van der Waals surface area contributed by atoms with E-state index in [0.29, 0.717) is 18.2 Å². The molecule has 0 aliphatic heterocycles. The molecule has 0 radical (unpaired) electrons. The molecule has 1 fully saturated rings. The first-order chi connectivity index (χ1) is 9.56. The van der Waals surface area contributed by atoms with Crippen molar-refractivity contribution >= 4 is 16.8 Å². The number of hydrogen-bond donors (Lipinski definition) is 1. The lowest BCUT2D eigenvalue weighted by molar-refractivity contribution is 0.0264. The summed E-state index contributed by atoms with van der Waals surface area (Å²) < 4.78 is 1.74. The molecule has 0 atom stereocenters. The fraction of sp³-hybridized carbons (Fsp3) is 0.467. The second kappa shape index (κ2) is 4.90. The summed E-state index contributed by atoms with van der Waals surface area (Å²) in [6.45, 7) is 0.681. The van der Waals surface area contributed by atoms with Crippen LogP contribution in [0.15, 0.2) is 24.3 Å². The average Bonchev–Trinajstić information content (AvgIpc) is 2.74. The number of benzene rings is 1. The Kier molecular flexibility index (Phi) is 3.22. The number of rotatable bonds is 3. The Morgan fingerprint density at radius 2 is 2.15 bits per heavy atom. The second-order valence-electron chi connectivity index (χ2n) is 5.67. The fourth-order valence-electron chi connectivity index (χ4n) is 2.87. The molecule has 20 heavy (non-hydrogen) atoms. The van der Waals surface area contributed by atoms with Crippen molar-refractivity contribution in [2.75, 3.05) is 13.6 Å². The third-order valence-electron chi connectivity index (χ3n) is 4.05.